The molecule has 1 saturated carbocycles. The Morgan fingerprint density at radius 1 is 1.43 bits per heavy atom. The highest BCUT2D eigenvalue weighted by atomic mass is 19.1. The van der Waals surface area contributed by atoms with E-state index >= 15 is 0 Å². The molecule has 1 aromatic rings. The van der Waals surface area contributed by atoms with E-state index in [1.165, 1.54) is 12.1 Å². The molecule has 1 aliphatic carbocycles. The zero-order valence-electron chi connectivity index (χ0n) is 12.8. The molecule has 0 aliphatic heterocycles. The highest BCUT2D eigenvalue weighted by Gasteiger charge is 2.37. The molecule has 21 heavy (non-hydrogen) atoms. The van der Waals surface area contributed by atoms with E-state index in [9.17, 15) is 9.18 Å². The van der Waals surface area contributed by atoms with Gasteiger partial charge in [0.05, 0.1) is 0 Å². The standard InChI is InChI=1S/C16H23FN2O2/c1-15(2,3)21-14(20)19-13-5-4-12(17)10-11(13)6-7-16(18)8-9-16/h4-5,10H,6-9,18H2,1-3H3,(H,19,20). The highest BCUT2D eigenvalue weighted by Crippen LogP contribution is 2.37. The van der Waals surface area contributed by atoms with Crippen molar-refractivity contribution in [2.24, 2.45) is 5.73 Å². The van der Waals surface area contributed by atoms with Gasteiger partial charge in [0.1, 0.15) is 11.4 Å². The van der Waals surface area contributed by atoms with Crippen molar-refractivity contribution in [3.63, 3.8) is 0 Å². The van der Waals surface area contributed by atoms with Gasteiger partial charge in [-0.05, 0) is 70.2 Å². The molecule has 3 N–H and O–H groups in total. The molecule has 0 radical (unpaired) electrons. The largest absolute Gasteiger partial charge is 0.444 e. The first-order valence-electron chi connectivity index (χ1n) is 7.24. The molecule has 0 spiro atoms. The van der Waals surface area contributed by atoms with Gasteiger partial charge in [-0.2, -0.15) is 0 Å². The van der Waals surface area contributed by atoms with Gasteiger partial charge < -0.3 is 10.5 Å². The number of aryl methyl sites for hydroxylation is 1. The lowest BCUT2D eigenvalue weighted by atomic mass is 10.0. The van der Waals surface area contributed by atoms with Crippen LogP contribution in [-0.2, 0) is 11.2 Å². The Labute approximate surface area is 124 Å². The minimum atomic E-state index is -0.570. The van der Waals surface area contributed by atoms with Crippen molar-refractivity contribution in [2.45, 2.75) is 57.6 Å². The summed E-state index contributed by atoms with van der Waals surface area (Å²) in [6.45, 7) is 5.39. The number of amides is 1. The highest BCUT2D eigenvalue weighted by molar-refractivity contribution is 5.85. The summed E-state index contributed by atoms with van der Waals surface area (Å²) in [6, 6.07) is 4.33. The molecule has 0 unspecified atom stereocenters. The van der Waals surface area contributed by atoms with E-state index in [1.807, 2.05) is 0 Å². The van der Waals surface area contributed by atoms with Crippen molar-refractivity contribution in [3.8, 4) is 0 Å². The van der Waals surface area contributed by atoms with Crippen LogP contribution in [0.4, 0.5) is 14.9 Å². The van der Waals surface area contributed by atoms with E-state index in [0.29, 0.717) is 12.1 Å². The van der Waals surface area contributed by atoms with Crippen LogP contribution in [-0.4, -0.2) is 17.2 Å². The summed E-state index contributed by atoms with van der Waals surface area (Å²) in [5.74, 6) is -0.318. The number of anilines is 1. The zero-order chi connectivity index (χ0) is 15.7. The van der Waals surface area contributed by atoms with Crippen LogP contribution in [0.2, 0.25) is 0 Å². The van der Waals surface area contributed by atoms with Crippen LogP contribution >= 0.6 is 0 Å². The van der Waals surface area contributed by atoms with Crippen LogP contribution in [0.25, 0.3) is 0 Å². The van der Waals surface area contributed by atoms with Gasteiger partial charge in [0.2, 0.25) is 0 Å². The van der Waals surface area contributed by atoms with Crippen LogP contribution in [0.5, 0.6) is 0 Å². The van der Waals surface area contributed by atoms with Crippen LogP contribution in [0.3, 0.4) is 0 Å². The Kier molecular flexibility index (Phi) is 4.23. The van der Waals surface area contributed by atoms with Gasteiger partial charge in [-0.25, -0.2) is 9.18 Å². The zero-order valence-corrected chi connectivity index (χ0v) is 12.8. The molecule has 0 saturated heterocycles. The number of halogens is 1. The molecular weight excluding hydrogens is 271 g/mol. The van der Waals surface area contributed by atoms with Crippen LogP contribution in [0.1, 0.15) is 45.6 Å². The van der Waals surface area contributed by atoms with Gasteiger partial charge in [0.25, 0.3) is 0 Å². The van der Waals surface area contributed by atoms with Gasteiger partial charge in [-0.15, -0.1) is 0 Å². The predicted octanol–water partition coefficient (Wildman–Crippen LogP) is 3.60. The lowest BCUT2D eigenvalue weighted by Gasteiger charge is -2.20. The predicted molar refractivity (Wildman–Crippen MR) is 80.7 cm³/mol. The molecule has 0 heterocycles. The van der Waals surface area contributed by atoms with E-state index in [2.05, 4.69) is 5.32 Å². The quantitative estimate of drug-likeness (QED) is 0.891. The lowest BCUT2D eigenvalue weighted by molar-refractivity contribution is 0.0635. The fourth-order valence-electron chi connectivity index (χ4n) is 2.10. The molecule has 1 fully saturated rings. The van der Waals surface area contributed by atoms with E-state index < -0.39 is 11.7 Å². The van der Waals surface area contributed by atoms with Gasteiger partial charge >= 0.3 is 6.09 Å². The topological polar surface area (TPSA) is 64.3 Å². The maximum absolute atomic E-state index is 13.4. The summed E-state index contributed by atoms with van der Waals surface area (Å²) in [5, 5.41) is 2.68. The third-order valence-electron chi connectivity index (χ3n) is 3.49. The Bertz CT molecular complexity index is 534. The fraction of sp³-hybridized carbons (Fsp3) is 0.562. The summed E-state index contributed by atoms with van der Waals surface area (Å²) in [6.07, 6.45) is 2.91. The Morgan fingerprint density at radius 3 is 2.67 bits per heavy atom. The molecule has 1 amide bonds. The average molecular weight is 294 g/mol. The summed E-state index contributed by atoms with van der Waals surface area (Å²) < 4.78 is 18.6. The lowest BCUT2D eigenvalue weighted by Crippen LogP contribution is -2.27. The number of ether oxygens (including phenoxy) is 1. The van der Waals surface area contributed by atoms with Crippen LogP contribution in [0.15, 0.2) is 18.2 Å². The molecular formula is C16H23FN2O2. The Hall–Kier alpha value is -1.62. The second-order valence-electron chi connectivity index (χ2n) is 6.79. The number of rotatable bonds is 4. The molecule has 0 aromatic heterocycles. The first-order chi connectivity index (χ1) is 9.67. The van der Waals surface area contributed by atoms with E-state index in [0.717, 1.165) is 24.8 Å². The van der Waals surface area contributed by atoms with Crippen molar-refractivity contribution in [2.75, 3.05) is 5.32 Å². The monoisotopic (exact) mass is 294 g/mol. The molecule has 0 bridgehead atoms. The van der Waals surface area contributed by atoms with Gasteiger partial charge in [0.15, 0.2) is 0 Å². The number of hydrogen-bond donors (Lipinski definition) is 2. The van der Waals surface area contributed by atoms with Crippen LogP contribution < -0.4 is 11.1 Å². The number of carbonyl (C=O) groups excluding carboxylic acids is 1. The smallest absolute Gasteiger partial charge is 0.412 e. The van der Waals surface area contributed by atoms with Crippen LogP contribution in [0, 0.1) is 5.82 Å². The number of hydrogen-bond acceptors (Lipinski definition) is 3. The molecule has 5 heteroatoms. The molecule has 1 aromatic carbocycles. The average Bonchev–Trinajstić information content (AvgIpc) is 3.06. The van der Waals surface area contributed by atoms with Crippen molar-refractivity contribution in [1.82, 2.24) is 0 Å². The third kappa shape index (κ3) is 5.01. The Morgan fingerprint density at radius 2 is 2.10 bits per heavy atom. The van der Waals surface area contributed by atoms with Crippen molar-refractivity contribution < 1.29 is 13.9 Å². The summed E-state index contributed by atoms with van der Waals surface area (Å²) in [7, 11) is 0. The SMILES string of the molecule is CC(C)(C)OC(=O)Nc1ccc(F)cc1CCC1(N)CC1. The molecule has 116 valence electrons. The second-order valence-corrected chi connectivity index (χ2v) is 6.79. The summed E-state index contributed by atoms with van der Waals surface area (Å²) in [5.41, 5.74) is 6.72. The Balaban J connectivity index is 2.05. The van der Waals surface area contributed by atoms with Gasteiger partial charge in [-0.1, -0.05) is 0 Å². The van der Waals surface area contributed by atoms with Gasteiger partial charge in [-0.3, -0.25) is 5.32 Å². The number of benzene rings is 1. The maximum Gasteiger partial charge on any atom is 0.412 e. The molecule has 4 nitrogen and oxygen atoms in total. The first kappa shape index (κ1) is 15.8. The van der Waals surface area contributed by atoms with E-state index in [-0.39, 0.29) is 11.4 Å². The molecule has 2 rings (SSSR count). The van der Waals surface area contributed by atoms with Gasteiger partial charge in [0, 0.05) is 11.2 Å². The van der Waals surface area contributed by atoms with Crippen molar-refractivity contribution in [1.29, 1.82) is 0 Å². The third-order valence-corrected chi connectivity index (χ3v) is 3.49. The number of carbonyl (C=O) groups is 1. The summed E-state index contributed by atoms with van der Waals surface area (Å²) >= 11 is 0. The van der Waals surface area contributed by atoms with Crippen molar-refractivity contribution in [3.05, 3.63) is 29.6 Å². The maximum atomic E-state index is 13.4. The summed E-state index contributed by atoms with van der Waals surface area (Å²) in [4.78, 5) is 11.8. The molecule has 1 aliphatic rings. The normalized spacial score (nSPS) is 16.4. The second kappa shape index (κ2) is 5.64. The van der Waals surface area contributed by atoms with Crippen molar-refractivity contribution >= 4 is 11.8 Å². The first-order valence-corrected chi connectivity index (χ1v) is 7.24. The van der Waals surface area contributed by atoms with E-state index in [1.54, 1.807) is 26.8 Å². The fourth-order valence-corrected chi connectivity index (χ4v) is 2.10. The van der Waals surface area contributed by atoms with E-state index in [4.69, 9.17) is 10.5 Å². The number of nitrogens with two attached hydrogens (primary N) is 1. The molecule has 0 atom stereocenters. The number of nitrogens with one attached hydrogen (secondary N) is 1. The minimum Gasteiger partial charge on any atom is -0.444 e. The minimum absolute atomic E-state index is 0.102.